The molecule has 0 bridgehead atoms. The quantitative estimate of drug-likeness (QED) is 0.751. The van der Waals surface area contributed by atoms with Crippen LogP contribution in [0.15, 0.2) is 30.3 Å². The highest BCUT2D eigenvalue weighted by atomic mass is 16.5. The molecule has 0 radical (unpaired) electrons. The number of aliphatic hydroxyl groups is 1. The van der Waals surface area contributed by atoms with Crippen LogP contribution in [0.5, 0.6) is 0 Å². The van der Waals surface area contributed by atoms with Gasteiger partial charge in [-0.15, -0.1) is 0 Å². The van der Waals surface area contributed by atoms with Crippen LogP contribution in [0.4, 0.5) is 0 Å². The summed E-state index contributed by atoms with van der Waals surface area (Å²) in [6, 6.07) is 10.3. The van der Waals surface area contributed by atoms with Crippen molar-refractivity contribution in [3.05, 3.63) is 35.9 Å². The van der Waals surface area contributed by atoms with Crippen molar-refractivity contribution in [2.75, 3.05) is 6.61 Å². The number of aliphatic hydroxyl groups excluding tert-OH is 1. The summed E-state index contributed by atoms with van der Waals surface area (Å²) in [5, 5.41) is 10.7. The zero-order chi connectivity index (χ0) is 15.0. The maximum atomic E-state index is 10.7. The van der Waals surface area contributed by atoms with Crippen LogP contribution in [0.1, 0.15) is 63.9 Å². The summed E-state index contributed by atoms with van der Waals surface area (Å²) in [7, 11) is 0. The maximum Gasteiger partial charge on any atom is 0.0717 e. The van der Waals surface area contributed by atoms with Gasteiger partial charge in [0.1, 0.15) is 0 Å². The smallest absolute Gasteiger partial charge is 0.0717 e. The summed E-state index contributed by atoms with van der Waals surface area (Å²) in [6.45, 7) is 3.54. The van der Waals surface area contributed by atoms with Gasteiger partial charge in [0.2, 0.25) is 0 Å². The third-order valence-corrected chi connectivity index (χ3v) is 4.89. The number of benzene rings is 1. The van der Waals surface area contributed by atoms with E-state index in [9.17, 15) is 5.11 Å². The third kappa shape index (κ3) is 4.82. The van der Waals surface area contributed by atoms with Gasteiger partial charge in [0.25, 0.3) is 0 Å². The van der Waals surface area contributed by atoms with E-state index in [1.165, 1.54) is 24.8 Å². The first-order chi connectivity index (χ1) is 10.3. The standard InChI is InChI=1S/C19H30O2/c1-2-3-12-18(20)19(13-8-5-9-14-19)16-21-15-17-10-6-4-7-11-17/h4,6-7,10-11,18,20H,2-3,5,8-9,12-16H2,1H3. The van der Waals surface area contributed by atoms with Gasteiger partial charge >= 0.3 is 0 Å². The van der Waals surface area contributed by atoms with Crippen LogP contribution < -0.4 is 0 Å². The highest BCUT2D eigenvalue weighted by Crippen LogP contribution is 2.41. The molecule has 1 N–H and O–H groups in total. The van der Waals surface area contributed by atoms with Crippen LogP contribution in [0, 0.1) is 5.41 Å². The molecule has 1 unspecified atom stereocenters. The fraction of sp³-hybridized carbons (Fsp3) is 0.684. The lowest BCUT2D eigenvalue weighted by Crippen LogP contribution is -2.41. The Balaban J connectivity index is 1.89. The minimum absolute atomic E-state index is 0.00218. The molecular weight excluding hydrogens is 260 g/mol. The molecule has 0 heterocycles. The van der Waals surface area contributed by atoms with Gasteiger partial charge in [0.05, 0.1) is 19.3 Å². The minimum atomic E-state index is -0.200. The van der Waals surface area contributed by atoms with Crippen LogP contribution in [0.25, 0.3) is 0 Å². The SMILES string of the molecule is CCCCC(O)C1(COCc2ccccc2)CCCCC1. The lowest BCUT2D eigenvalue weighted by atomic mass is 9.69. The molecule has 1 aliphatic rings. The van der Waals surface area contributed by atoms with Gasteiger partial charge in [-0.05, 0) is 24.8 Å². The molecule has 1 fully saturated rings. The van der Waals surface area contributed by atoms with E-state index in [2.05, 4.69) is 19.1 Å². The third-order valence-electron chi connectivity index (χ3n) is 4.89. The highest BCUT2D eigenvalue weighted by Gasteiger charge is 2.38. The minimum Gasteiger partial charge on any atom is -0.392 e. The summed E-state index contributed by atoms with van der Waals surface area (Å²) < 4.78 is 6.00. The Labute approximate surface area is 129 Å². The second-order valence-electron chi connectivity index (χ2n) is 6.56. The second kappa shape index (κ2) is 8.55. The second-order valence-corrected chi connectivity index (χ2v) is 6.56. The van der Waals surface area contributed by atoms with Crippen LogP contribution in [0.3, 0.4) is 0 Å². The Morgan fingerprint density at radius 2 is 1.86 bits per heavy atom. The van der Waals surface area contributed by atoms with Gasteiger partial charge in [0.15, 0.2) is 0 Å². The molecule has 0 aliphatic heterocycles. The average Bonchev–Trinajstić information content (AvgIpc) is 2.54. The molecule has 0 aromatic heterocycles. The molecule has 1 saturated carbocycles. The van der Waals surface area contributed by atoms with Crippen LogP contribution >= 0.6 is 0 Å². The van der Waals surface area contributed by atoms with Crippen molar-refractivity contribution >= 4 is 0 Å². The zero-order valence-electron chi connectivity index (χ0n) is 13.4. The zero-order valence-corrected chi connectivity index (χ0v) is 13.4. The van der Waals surface area contributed by atoms with Crippen molar-refractivity contribution < 1.29 is 9.84 Å². The molecule has 1 atom stereocenters. The Bertz CT molecular complexity index is 382. The van der Waals surface area contributed by atoms with Gasteiger partial charge in [-0.3, -0.25) is 0 Å². The normalized spacial score (nSPS) is 19.3. The van der Waals surface area contributed by atoms with Crippen LogP contribution in [0.2, 0.25) is 0 Å². The Morgan fingerprint density at radius 3 is 2.52 bits per heavy atom. The van der Waals surface area contributed by atoms with Crippen molar-refractivity contribution in [1.82, 2.24) is 0 Å². The summed E-state index contributed by atoms with van der Waals surface area (Å²) in [4.78, 5) is 0. The van der Waals surface area contributed by atoms with E-state index in [0.29, 0.717) is 13.2 Å². The number of ether oxygens (including phenoxy) is 1. The first kappa shape index (κ1) is 16.5. The number of unbranched alkanes of at least 4 members (excludes halogenated alkanes) is 1. The molecule has 1 aromatic rings. The molecule has 2 rings (SSSR count). The van der Waals surface area contributed by atoms with Crippen molar-refractivity contribution in [1.29, 1.82) is 0 Å². The van der Waals surface area contributed by atoms with E-state index in [0.717, 1.165) is 32.1 Å². The van der Waals surface area contributed by atoms with Gasteiger partial charge in [0, 0.05) is 5.41 Å². The average molecular weight is 290 g/mol. The lowest BCUT2D eigenvalue weighted by molar-refractivity contribution is -0.0740. The molecule has 1 aromatic carbocycles. The number of rotatable bonds is 8. The van der Waals surface area contributed by atoms with Crippen molar-refractivity contribution in [3.63, 3.8) is 0 Å². The van der Waals surface area contributed by atoms with Crippen LogP contribution in [-0.2, 0) is 11.3 Å². The largest absolute Gasteiger partial charge is 0.392 e. The first-order valence-electron chi connectivity index (χ1n) is 8.56. The fourth-order valence-corrected chi connectivity index (χ4v) is 3.48. The van der Waals surface area contributed by atoms with E-state index >= 15 is 0 Å². The van der Waals surface area contributed by atoms with E-state index in [1.54, 1.807) is 0 Å². The van der Waals surface area contributed by atoms with Gasteiger partial charge in [-0.2, -0.15) is 0 Å². The number of hydrogen-bond acceptors (Lipinski definition) is 2. The molecule has 0 saturated heterocycles. The van der Waals surface area contributed by atoms with E-state index in [4.69, 9.17) is 4.74 Å². The van der Waals surface area contributed by atoms with Gasteiger partial charge in [-0.1, -0.05) is 69.4 Å². The van der Waals surface area contributed by atoms with Gasteiger partial charge in [-0.25, -0.2) is 0 Å². The maximum absolute atomic E-state index is 10.7. The molecular formula is C19H30O2. The van der Waals surface area contributed by atoms with E-state index in [1.807, 2.05) is 18.2 Å². The summed E-state index contributed by atoms with van der Waals surface area (Å²) in [5.41, 5.74) is 1.22. The van der Waals surface area contributed by atoms with E-state index < -0.39 is 0 Å². The van der Waals surface area contributed by atoms with Crippen LogP contribution in [-0.4, -0.2) is 17.8 Å². The summed E-state index contributed by atoms with van der Waals surface area (Å²) >= 11 is 0. The Morgan fingerprint density at radius 1 is 1.14 bits per heavy atom. The highest BCUT2D eigenvalue weighted by molar-refractivity contribution is 5.13. The molecule has 0 amide bonds. The van der Waals surface area contributed by atoms with Crippen molar-refractivity contribution in [3.8, 4) is 0 Å². The molecule has 2 nitrogen and oxygen atoms in total. The molecule has 0 spiro atoms. The van der Waals surface area contributed by atoms with E-state index in [-0.39, 0.29) is 11.5 Å². The lowest BCUT2D eigenvalue weighted by Gasteiger charge is -2.41. The topological polar surface area (TPSA) is 29.5 Å². The summed E-state index contributed by atoms with van der Waals surface area (Å²) in [6.07, 6.45) is 8.99. The number of hydrogen-bond donors (Lipinski definition) is 1. The Kier molecular flexibility index (Phi) is 6.72. The predicted octanol–water partition coefficient (Wildman–Crippen LogP) is 4.70. The van der Waals surface area contributed by atoms with Crippen molar-refractivity contribution in [2.45, 2.75) is 71.0 Å². The molecule has 21 heavy (non-hydrogen) atoms. The molecule has 118 valence electrons. The Hall–Kier alpha value is -0.860. The predicted molar refractivity (Wildman–Crippen MR) is 87.1 cm³/mol. The monoisotopic (exact) mass is 290 g/mol. The molecule has 2 heteroatoms. The summed E-state index contributed by atoms with van der Waals surface area (Å²) in [5.74, 6) is 0. The first-order valence-corrected chi connectivity index (χ1v) is 8.56. The van der Waals surface area contributed by atoms with Gasteiger partial charge < -0.3 is 9.84 Å². The van der Waals surface area contributed by atoms with Crippen molar-refractivity contribution in [2.24, 2.45) is 5.41 Å². The molecule has 1 aliphatic carbocycles. The fourth-order valence-electron chi connectivity index (χ4n) is 3.48.